The summed E-state index contributed by atoms with van der Waals surface area (Å²) < 4.78 is 0. The van der Waals surface area contributed by atoms with Crippen LogP contribution in [0.15, 0.2) is 30.3 Å². The van der Waals surface area contributed by atoms with Crippen molar-refractivity contribution in [2.45, 2.75) is 76.7 Å². The number of benzene rings is 1. The molecule has 116 valence electrons. The Balaban J connectivity index is 1.71. The smallest absolute Gasteiger partial charge is 0.0642 e. The fourth-order valence-corrected chi connectivity index (χ4v) is 4.86. The van der Waals surface area contributed by atoms with E-state index < -0.39 is 0 Å². The summed E-state index contributed by atoms with van der Waals surface area (Å²) in [6.45, 7) is 4.63. The molecule has 1 N–H and O–H groups in total. The molecular weight excluding hydrogens is 256 g/mol. The lowest BCUT2D eigenvalue weighted by Gasteiger charge is -2.57. The molecule has 1 nitrogen and oxygen atoms in total. The molecule has 3 aliphatic carbocycles. The summed E-state index contributed by atoms with van der Waals surface area (Å²) in [5.74, 6) is 0.807. The number of hydrogen-bond donors (Lipinski definition) is 1. The average Bonchev–Trinajstić information content (AvgIpc) is 2.49. The van der Waals surface area contributed by atoms with Gasteiger partial charge in [-0.1, -0.05) is 57.0 Å². The molecule has 3 saturated carbocycles. The van der Waals surface area contributed by atoms with Crippen LogP contribution in [0.2, 0.25) is 0 Å². The van der Waals surface area contributed by atoms with Crippen molar-refractivity contribution in [2.24, 2.45) is 11.3 Å². The maximum absolute atomic E-state index is 10.9. The lowest BCUT2D eigenvalue weighted by atomic mass is 9.49. The van der Waals surface area contributed by atoms with Gasteiger partial charge in [0.25, 0.3) is 0 Å². The second-order valence-electron chi connectivity index (χ2n) is 8.03. The van der Waals surface area contributed by atoms with Gasteiger partial charge in [0.15, 0.2) is 0 Å². The van der Waals surface area contributed by atoms with E-state index in [-0.39, 0.29) is 11.5 Å². The van der Waals surface area contributed by atoms with Crippen molar-refractivity contribution in [2.75, 3.05) is 0 Å². The predicted octanol–water partition coefficient (Wildman–Crippen LogP) is 5.08. The van der Waals surface area contributed by atoms with Crippen molar-refractivity contribution >= 4 is 0 Å². The minimum atomic E-state index is -0.138. The van der Waals surface area contributed by atoms with E-state index in [2.05, 4.69) is 44.2 Å². The molecule has 0 aliphatic heterocycles. The summed E-state index contributed by atoms with van der Waals surface area (Å²) in [6.07, 6.45) is 9.88. The molecular formula is C20H30O. The van der Waals surface area contributed by atoms with Crippen LogP contribution in [0.4, 0.5) is 0 Å². The zero-order valence-corrected chi connectivity index (χ0v) is 13.6. The Morgan fingerprint density at radius 1 is 1.10 bits per heavy atom. The molecule has 1 heteroatoms. The summed E-state index contributed by atoms with van der Waals surface area (Å²) in [5.41, 5.74) is 1.87. The van der Waals surface area contributed by atoms with E-state index in [1.165, 1.54) is 50.5 Å². The van der Waals surface area contributed by atoms with Crippen molar-refractivity contribution in [3.63, 3.8) is 0 Å². The maximum Gasteiger partial charge on any atom is 0.0642 e. The third-order valence-corrected chi connectivity index (χ3v) is 6.30. The Morgan fingerprint density at radius 3 is 2.33 bits per heavy atom. The van der Waals surface area contributed by atoms with Crippen LogP contribution >= 0.6 is 0 Å². The summed E-state index contributed by atoms with van der Waals surface area (Å²) in [6, 6.07) is 10.8. The number of hydrogen-bond acceptors (Lipinski definition) is 1. The van der Waals surface area contributed by atoms with Crippen molar-refractivity contribution in [1.82, 2.24) is 0 Å². The van der Waals surface area contributed by atoms with Gasteiger partial charge in [-0.3, -0.25) is 0 Å². The molecule has 21 heavy (non-hydrogen) atoms. The van der Waals surface area contributed by atoms with E-state index in [0.717, 1.165) is 12.3 Å². The minimum absolute atomic E-state index is 0.0566. The van der Waals surface area contributed by atoms with Crippen molar-refractivity contribution < 1.29 is 5.11 Å². The molecule has 0 heterocycles. The van der Waals surface area contributed by atoms with Gasteiger partial charge in [-0.05, 0) is 55.4 Å². The molecule has 0 saturated heterocycles. The second kappa shape index (κ2) is 5.76. The van der Waals surface area contributed by atoms with E-state index in [1.54, 1.807) is 0 Å². The zero-order valence-electron chi connectivity index (χ0n) is 13.6. The summed E-state index contributed by atoms with van der Waals surface area (Å²) >= 11 is 0. The molecule has 3 fully saturated rings. The van der Waals surface area contributed by atoms with E-state index in [0.29, 0.717) is 5.41 Å². The monoisotopic (exact) mass is 286 g/mol. The van der Waals surface area contributed by atoms with Crippen molar-refractivity contribution in [3.8, 4) is 0 Å². The van der Waals surface area contributed by atoms with Crippen LogP contribution < -0.4 is 0 Å². The molecule has 0 spiro atoms. The summed E-state index contributed by atoms with van der Waals surface area (Å²) in [4.78, 5) is 0. The largest absolute Gasteiger partial charge is 0.392 e. The van der Waals surface area contributed by atoms with E-state index in [4.69, 9.17) is 0 Å². The molecule has 2 bridgehead atoms. The highest BCUT2D eigenvalue weighted by molar-refractivity contribution is 5.30. The van der Waals surface area contributed by atoms with Gasteiger partial charge in [0.1, 0.15) is 0 Å². The molecule has 3 aliphatic rings. The Kier molecular flexibility index (Phi) is 4.14. The lowest BCUT2D eigenvalue weighted by Crippen LogP contribution is -2.53. The van der Waals surface area contributed by atoms with Crippen LogP contribution in [0.5, 0.6) is 0 Å². The fraction of sp³-hybridized carbons (Fsp3) is 0.700. The van der Waals surface area contributed by atoms with Gasteiger partial charge in [0.05, 0.1) is 6.10 Å². The molecule has 0 radical (unpaired) electrons. The Bertz CT molecular complexity index is 454. The van der Waals surface area contributed by atoms with Crippen LogP contribution in [0.1, 0.15) is 70.8 Å². The molecule has 1 atom stereocenters. The van der Waals surface area contributed by atoms with Gasteiger partial charge in [-0.2, -0.15) is 0 Å². The molecule has 4 rings (SSSR count). The molecule has 1 aromatic rings. The van der Waals surface area contributed by atoms with Crippen molar-refractivity contribution in [1.29, 1.82) is 0 Å². The van der Waals surface area contributed by atoms with Crippen LogP contribution in [0, 0.1) is 11.3 Å². The topological polar surface area (TPSA) is 20.2 Å². The second-order valence-corrected chi connectivity index (χ2v) is 8.03. The maximum atomic E-state index is 10.9. The Hall–Kier alpha value is -0.820. The van der Waals surface area contributed by atoms with Gasteiger partial charge in [-0.25, -0.2) is 0 Å². The lowest BCUT2D eigenvalue weighted by molar-refractivity contribution is -0.0781. The van der Waals surface area contributed by atoms with Crippen LogP contribution in [-0.2, 0) is 5.41 Å². The van der Waals surface area contributed by atoms with Gasteiger partial charge in [0, 0.05) is 5.41 Å². The van der Waals surface area contributed by atoms with Gasteiger partial charge < -0.3 is 5.11 Å². The fourth-order valence-electron chi connectivity index (χ4n) is 4.86. The zero-order chi connectivity index (χ0) is 14.9. The SMILES string of the molecule is CC(C)CCCC12CCC(c3ccccc3)(CC1)[C@@H](O)C2. The first-order valence-corrected chi connectivity index (χ1v) is 8.80. The molecule has 1 aromatic carbocycles. The van der Waals surface area contributed by atoms with Gasteiger partial charge in [-0.15, -0.1) is 0 Å². The first-order chi connectivity index (χ1) is 10.1. The van der Waals surface area contributed by atoms with Crippen LogP contribution in [0.3, 0.4) is 0 Å². The standard InChI is InChI=1S/C20H30O/c1-16(2)7-6-10-19-11-13-20(14-12-19,18(21)15-19)17-8-4-3-5-9-17/h3-5,8-9,16,18,21H,6-7,10-15H2,1-2H3/t18-,19?,20?/m0/s1. The average molecular weight is 286 g/mol. The first kappa shape index (κ1) is 15.1. The predicted molar refractivity (Wildman–Crippen MR) is 88.3 cm³/mol. The van der Waals surface area contributed by atoms with Gasteiger partial charge in [0.2, 0.25) is 0 Å². The Labute approximate surface area is 129 Å². The molecule has 0 amide bonds. The minimum Gasteiger partial charge on any atom is -0.392 e. The highest BCUT2D eigenvalue weighted by Gasteiger charge is 2.54. The highest BCUT2D eigenvalue weighted by atomic mass is 16.3. The normalized spacial score (nSPS) is 35.3. The van der Waals surface area contributed by atoms with E-state index in [9.17, 15) is 5.11 Å². The van der Waals surface area contributed by atoms with E-state index >= 15 is 0 Å². The number of fused-ring (bicyclic) bond motifs is 3. The molecule has 0 aromatic heterocycles. The molecule has 0 unspecified atom stereocenters. The third-order valence-electron chi connectivity index (χ3n) is 6.30. The summed E-state index contributed by atoms with van der Waals surface area (Å²) in [7, 11) is 0. The summed E-state index contributed by atoms with van der Waals surface area (Å²) in [5, 5.41) is 10.9. The number of aliphatic hydroxyl groups is 1. The van der Waals surface area contributed by atoms with E-state index in [1.807, 2.05) is 0 Å². The van der Waals surface area contributed by atoms with Crippen LogP contribution in [-0.4, -0.2) is 11.2 Å². The number of rotatable bonds is 5. The third kappa shape index (κ3) is 2.77. The van der Waals surface area contributed by atoms with Crippen LogP contribution in [0.25, 0.3) is 0 Å². The number of aliphatic hydroxyl groups excluding tert-OH is 1. The van der Waals surface area contributed by atoms with Gasteiger partial charge >= 0.3 is 0 Å². The first-order valence-electron chi connectivity index (χ1n) is 8.80. The quantitative estimate of drug-likeness (QED) is 0.800. The van der Waals surface area contributed by atoms with Crippen molar-refractivity contribution in [3.05, 3.63) is 35.9 Å². The highest BCUT2D eigenvalue weighted by Crippen LogP contribution is 2.59. The Morgan fingerprint density at radius 2 is 1.76 bits per heavy atom.